The maximum Gasteiger partial charge on any atom is 0.330 e. The lowest BCUT2D eigenvalue weighted by Crippen LogP contribution is -2.67. The predicted molar refractivity (Wildman–Crippen MR) is 193 cm³/mol. The Hall–Kier alpha value is -5.26. The molecule has 2 atom stereocenters. The monoisotopic (exact) mass is 686 g/mol. The molecule has 8 nitrogen and oxygen atoms in total. The van der Waals surface area contributed by atoms with E-state index in [0.717, 1.165) is 15.9 Å². The van der Waals surface area contributed by atoms with Crippen LogP contribution in [0, 0.1) is 11.6 Å². The molecular formula is C39H36F2N6O2Si. The fraction of sp³-hybridized carbons (Fsp3) is 0.231. The normalized spacial score (nSPS) is 16.6. The van der Waals surface area contributed by atoms with Gasteiger partial charge < -0.3 is 4.43 Å². The number of imidazole rings is 2. The number of fused-ring (bicyclic) bond motifs is 3. The first-order chi connectivity index (χ1) is 24.1. The second-order valence-corrected chi connectivity index (χ2v) is 18.2. The summed E-state index contributed by atoms with van der Waals surface area (Å²) in [6, 6.07) is 29.5. The highest BCUT2D eigenvalue weighted by atomic mass is 28.4. The van der Waals surface area contributed by atoms with E-state index in [9.17, 15) is 9.18 Å². The number of aromatic nitrogens is 6. The Morgan fingerprint density at radius 1 is 0.800 bits per heavy atom. The van der Waals surface area contributed by atoms with Crippen LogP contribution >= 0.6 is 0 Å². The van der Waals surface area contributed by atoms with E-state index in [1.807, 2.05) is 18.2 Å². The Labute approximate surface area is 288 Å². The topological polar surface area (TPSA) is 79.8 Å². The average molecular weight is 687 g/mol. The molecule has 0 saturated carbocycles. The van der Waals surface area contributed by atoms with Gasteiger partial charge in [0.05, 0.1) is 29.4 Å². The van der Waals surface area contributed by atoms with Gasteiger partial charge in [-0.25, -0.2) is 23.5 Å². The van der Waals surface area contributed by atoms with E-state index in [4.69, 9.17) is 9.41 Å². The molecule has 3 aromatic heterocycles. The molecule has 7 aromatic rings. The van der Waals surface area contributed by atoms with Crippen molar-refractivity contribution in [1.82, 2.24) is 28.7 Å². The highest BCUT2D eigenvalue weighted by Crippen LogP contribution is 2.46. The van der Waals surface area contributed by atoms with Crippen LogP contribution in [0.1, 0.15) is 56.9 Å². The first-order valence-corrected chi connectivity index (χ1v) is 18.6. The van der Waals surface area contributed by atoms with Gasteiger partial charge in [-0.3, -0.25) is 13.7 Å². The fourth-order valence-electron chi connectivity index (χ4n) is 7.71. The Bertz CT molecular complexity index is 2400. The van der Waals surface area contributed by atoms with Gasteiger partial charge in [0.25, 0.3) is 8.32 Å². The summed E-state index contributed by atoms with van der Waals surface area (Å²) in [5.41, 5.74) is 3.26. The Morgan fingerprint density at radius 3 is 2.14 bits per heavy atom. The molecule has 0 saturated heterocycles. The number of rotatable bonds is 6. The van der Waals surface area contributed by atoms with Gasteiger partial charge in [-0.05, 0) is 63.6 Å². The molecule has 0 N–H and O–H groups in total. The molecule has 0 amide bonds. The quantitative estimate of drug-likeness (QED) is 0.181. The molecule has 0 fully saturated rings. The highest BCUT2D eigenvalue weighted by Gasteiger charge is 2.52. The molecule has 50 heavy (non-hydrogen) atoms. The molecule has 11 heteroatoms. The van der Waals surface area contributed by atoms with E-state index in [0.29, 0.717) is 40.6 Å². The molecule has 1 aliphatic carbocycles. The summed E-state index contributed by atoms with van der Waals surface area (Å²) >= 11 is 0. The molecule has 0 unspecified atom stereocenters. The number of aryl methyl sites for hydroxylation is 1. The van der Waals surface area contributed by atoms with Crippen molar-refractivity contribution in [3.63, 3.8) is 0 Å². The minimum Gasteiger partial charge on any atom is -0.400 e. The van der Waals surface area contributed by atoms with Crippen molar-refractivity contribution in [1.29, 1.82) is 0 Å². The standard InChI is InChI=1S/C39H36F2N6O2Si/c1-39(2,3)50(27-11-7-5-8-12-27,28-13-9-6-10-14-28)49-35-20-19-32(30-21-25(40)15-17-29(30)35)47-36-34(45(4)38(47)48)23-42-37(44-36)46-24-43-31-18-16-26(41)22-33(31)46/h5-18,21-24,32,35H,19-20H2,1-4H3/t32-,35-/m1/s1. The zero-order valence-corrected chi connectivity index (χ0v) is 29.2. The Morgan fingerprint density at radius 2 is 1.46 bits per heavy atom. The van der Waals surface area contributed by atoms with Crippen molar-refractivity contribution in [3.8, 4) is 5.95 Å². The first-order valence-electron chi connectivity index (χ1n) is 16.7. The minimum atomic E-state index is -2.96. The molecule has 8 rings (SSSR count). The highest BCUT2D eigenvalue weighted by molar-refractivity contribution is 6.99. The number of nitrogens with zero attached hydrogens (tertiary/aromatic N) is 6. The van der Waals surface area contributed by atoms with Crippen LogP contribution in [0.25, 0.3) is 28.1 Å². The van der Waals surface area contributed by atoms with Gasteiger partial charge in [-0.2, -0.15) is 4.98 Å². The van der Waals surface area contributed by atoms with E-state index < -0.39 is 26.0 Å². The van der Waals surface area contributed by atoms with Crippen LogP contribution in [-0.2, 0) is 11.5 Å². The maximum atomic E-state index is 15.2. The van der Waals surface area contributed by atoms with Crippen molar-refractivity contribution in [2.75, 3.05) is 0 Å². The lowest BCUT2D eigenvalue weighted by molar-refractivity contribution is 0.160. The number of halogens is 2. The molecule has 1 aliphatic rings. The van der Waals surface area contributed by atoms with E-state index in [1.54, 1.807) is 28.4 Å². The molecule has 3 heterocycles. The smallest absolute Gasteiger partial charge is 0.330 e. The van der Waals surface area contributed by atoms with Crippen LogP contribution in [0.15, 0.2) is 114 Å². The first kappa shape index (κ1) is 32.0. The van der Waals surface area contributed by atoms with Crippen molar-refractivity contribution in [3.05, 3.63) is 143 Å². The summed E-state index contributed by atoms with van der Waals surface area (Å²) in [5, 5.41) is 2.06. The lowest BCUT2D eigenvalue weighted by atomic mass is 9.85. The third-order valence-corrected chi connectivity index (χ3v) is 15.1. The van der Waals surface area contributed by atoms with E-state index in [1.165, 1.54) is 35.2 Å². The molecule has 4 aromatic carbocycles. The van der Waals surface area contributed by atoms with Gasteiger partial charge in [0.2, 0.25) is 5.95 Å². The molecule has 0 bridgehead atoms. The van der Waals surface area contributed by atoms with Gasteiger partial charge in [0.15, 0.2) is 5.65 Å². The van der Waals surface area contributed by atoms with Crippen molar-refractivity contribution >= 4 is 40.9 Å². The van der Waals surface area contributed by atoms with E-state index in [2.05, 4.69) is 79.3 Å². The van der Waals surface area contributed by atoms with Crippen LogP contribution in [0.5, 0.6) is 0 Å². The van der Waals surface area contributed by atoms with E-state index >= 15 is 4.39 Å². The minimum absolute atomic E-state index is 0.244. The fourth-order valence-corrected chi connectivity index (χ4v) is 12.4. The SMILES string of the molecule is Cn1c(=O)n([C@@H]2CC[C@@H](O[Si](c3ccccc3)(c3ccccc3)C(C)(C)C)c3ccc(F)cc32)c2nc(-n3cnc4ccc(F)cc43)ncc21. The Kier molecular flexibility index (Phi) is 7.65. The third kappa shape index (κ3) is 5.02. The molecule has 252 valence electrons. The molecule has 0 aliphatic heterocycles. The third-order valence-electron chi connectivity index (χ3n) is 10.0. The van der Waals surface area contributed by atoms with Gasteiger partial charge in [0.1, 0.15) is 23.5 Å². The van der Waals surface area contributed by atoms with E-state index in [-0.39, 0.29) is 22.8 Å². The summed E-state index contributed by atoms with van der Waals surface area (Å²) in [7, 11) is -1.28. The summed E-state index contributed by atoms with van der Waals surface area (Å²) in [5.74, 6) is -0.559. The predicted octanol–water partition coefficient (Wildman–Crippen LogP) is 6.75. The van der Waals surface area contributed by atoms with Gasteiger partial charge >= 0.3 is 5.69 Å². The number of benzene rings is 4. The zero-order valence-electron chi connectivity index (χ0n) is 28.2. The number of hydrogen-bond acceptors (Lipinski definition) is 5. The second kappa shape index (κ2) is 12.0. The van der Waals surface area contributed by atoms with Gasteiger partial charge in [-0.1, -0.05) is 87.5 Å². The van der Waals surface area contributed by atoms with Crippen molar-refractivity contribution in [2.45, 2.75) is 50.8 Å². The van der Waals surface area contributed by atoms with Crippen molar-refractivity contribution in [2.24, 2.45) is 7.05 Å². The van der Waals surface area contributed by atoms with Crippen LogP contribution in [0.4, 0.5) is 8.78 Å². The average Bonchev–Trinajstić information content (AvgIpc) is 3.64. The number of hydrogen-bond donors (Lipinski definition) is 0. The second-order valence-electron chi connectivity index (χ2n) is 14.0. The summed E-state index contributed by atoms with van der Waals surface area (Å²) in [6.07, 6.45) is 3.88. The van der Waals surface area contributed by atoms with Crippen LogP contribution in [0.3, 0.4) is 0 Å². The summed E-state index contributed by atoms with van der Waals surface area (Å²) in [4.78, 5) is 27.8. The lowest BCUT2D eigenvalue weighted by Gasteiger charge is -2.46. The molecule has 0 radical (unpaired) electrons. The summed E-state index contributed by atoms with van der Waals surface area (Å²) < 4.78 is 41.8. The van der Waals surface area contributed by atoms with Crippen molar-refractivity contribution < 1.29 is 13.2 Å². The zero-order chi connectivity index (χ0) is 34.8. The van der Waals surface area contributed by atoms with Crippen LogP contribution in [0.2, 0.25) is 5.04 Å². The van der Waals surface area contributed by atoms with Gasteiger partial charge in [-0.15, -0.1) is 0 Å². The summed E-state index contributed by atoms with van der Waals surface area (Å²) in [6.45, 7) is 6.71. The largest absolute Gasteiger partial charge is 0.400 e. The van der Waals surface area contributed by atoms with Gasteiger partial charge in [0, 0.05) is 13.1 Å². The van der Waals surface area contributed by atoms with Crippen LogP contribution < -0.4 is 16.1 Å². The molecular weight excluding hydrogens is 651 g/mol. The molecule has 0 spiro atoms. The Balaban J connectivity index is 1.27. The van der Waals surface area contributed by atoms with Crippen LogP contribution in [-0.4, -0.2) is 37.0 Å². The maximum absolute atomic E-state index is 15.2.